The van der Waals surface area contributed by atoms with E-state index in [2.05, 4.69) is 28.9 Å². The van der Waals surface area contributed by atoms with Crippen molar-refractivity contribution in [1.82, 2.24) is 9.88 Å². The minimum Gasteiger partial charge on any atom is -0.329 e. The van der Waals surface area contributed by atoms with Gasteiger partial charge in [-0.2, -0.15) is 0 Å². The first-order valence-electron chi connectivity index (χ1n) is 7.26. The van der Waals surface area contributed by atoms with Crippen molar-refractivity contribution in [3.05, 3.63) is 64.4 Å². The molecule has 4 heteroatoms. The maximum atomic E-state index is 6.10. The Bertz CT molecular complexity index is 586. The predicted molar refractivity (Wildman–Crippen MR) is 88.3 cm³/mol. The molecule has 0 radical (unpaired) electrons. The Morgan fingerprint density at radius 3 is 2.62 bits per heavy atom. The highest BCUT2D eigenvalue weighted by Gasteiger charge is 2.18. The summed E-state index contributed by atoms with van der Waals surface area (Å²) in [6.07, 6.45) is 0. The number of aryl methyl sites for hydroxylation is 1. The molecule has 3 nitrogen and oxygen atoms in total. The third-order valence-corrected chi connectivity index (χ3v) is 3.85. The summed E-state index contributed by atoms with van der Waals surface area (Å²) < 4.78 is 0. The molecule has 1 heterocycles. The molecule has 21 heavy (non-hydrogen) atoms. The monoisotopic (exact) mass is 303 g/mol. The lowest BCUT2D eigenvalue weighted by Crippen LogP contribution is -2.33. The number of pyridine rings is 1. The average Bonchev–Trinajstić information content (AvgIpc) is 2.47. The number of aromatic nitrogens is 1. The van der Waals surface area contributed by atoms with Gasteiger partial charge in [0.25, 0.3) is 0 Å². The summed E-state index contributed by atoms with van der Waals surface area (Å²) in [4.78, 5) is 6.91. The highest BCUT2D eigenvalue weighted by Crippen LogP contribution is 2.23. The van der Waals surface area contributed by atoms with Gasteiger partial charge in [0, 0.05) is 29.8 Å². The second-order valence-electron chi connectivity index (χ2n) is 5.14. The number of hydrogen-bond acceptors (Lipinski definition) is 3. The van der Waals surface area contributed by atoms with Crippen LogP contribution in [0.25, 0.3) is 0 Å². The van der Waals surface area contributed by atoms with Crippen molar-refractivity contribution >= 4 is 11.6 Å². The molecule has 2 N–H and O–H groups in total. The number of rotatable bonds is 6. The van der Waals surface area contributed by atoms with Gasteiger partial charge in [0.1, 0.15) is 0 Å². The van der Waals surface area contributed by atoms with Gasteiger partial charge in [-0.05, 0) is 43.3 Å². The van der Waals surface area contributed by atoms with E-state index in [4.69, 9.17) is 17.3 Å². The number of benzene rings is 1. The molecule has 112 valence electrons. The lowest BCUT2D eigenvalue weighted by Gasteiger charge is -2.30. The molecule has 0 aliphatic rings. The van der Waals surface area contributed by atoms with Gasteiger partial charge in [0.2, 0.25) is 0 Å². The van der Waals surface area contributed by atoms with Crippen LogP contribution in [0.2, 0.25) is 5.02 Å². The highest BCUT2D eigenvalue weighted by atomic mass is 35.5. The minimum absolute atomic E-state index is 0.149. The third-order valence-electron chi connectivity index (χ3n) is 3.61. The normalized spacial score (nSPS) is 12.6. The van der Waals surface area contributed by atoms with Crippen molar-refractivity contribution in [3.63, 3.8) is 0 Å². The molecule has 2 aromatic rings. The molecule has 0 saturated carbocycles. The van der Waals surface area contributed by atoms with Crippen LogP contribution in [0.3, 0.4) is 0 Å². The van der Waals surface area contributed by atoms with Gasteiger partial charge in [0.05, 0.1) is 5.69 Å². The van der Waals surface area contributed by atoms with E-state index < -0.39 is 0 Å². The van der Waals surface area contributed by atoms with Crippen molar-refractivity contribution in [3.8, 4) is 0 Å². The molecule has 0 fully saturated rings. The first kappa shape index (κ1) is 16.0. The second kappa shape index (κ2) is 7.55. The summed E-state index contributed by atoms with van der Waals surface area (Å²) in [6.45, 7) is 6.40. The van der Waals surface area contributed by atoms with Gasteiger partial charge >= 0.3 is 0 Å². The topological polar surface area (TPSA) is 42.2 Å². The fourth-order valence-corrected chi connectivity index (χ4v) is 2.75. The Morgan fingerprint density at radius 1 is 1.24 bits per heavy atom. The summed E-state index contributed by atoms with van der Waals surface area (Å²) in [5, 5.41) is 0.746. The molecular formula is C17H22ClN3. The predicted octanol–water partition coefficient (Wildman–Crippen LogP) is 3.57. The molecular weight excluding hydrogens is 282 g/mol. The van der Waals surface area contributed by atoms with Crippen LogP contribution in [0.5, 0.6) is 0 Å². The number of nitrogens with zero attached hydrogens (tertiary/aromatic N) is 2. The number of nitrogens with two attached hydrogens (primary N) is 1. The van der Waals surface area contributed by atoms with Gasteiger partial charge in [0.15, 0.2) is 0 Å². The minimum atomic E-state index is 0.149. The van der Waals surface area contributed by atoms with Crippen LogP contribution in [0.1, 0.15) is 29.9 Å². The van der Waals surface area contributed by atoms with Crippen molar-refractivity contribution in [2.75, 3.05) is 13.1 Å². The summed E-state index contributed by atoms with van der Waals surface area (Å²) in [6, 6.07) is 14.2. The highest BCUT2D eigenvalue weighted by molar-refractivity contribution is 6.30. The van der Waals surface area contributed by atoms with E-state index in [1.54, 1.807) is 0 Å². The Balaban J connectivity index is 2.21. The van der Waals surface area contributed by atoms with Gasteiger partial charge in [-0.15, -0.1) is 0 Å². The van der Waals surface area contributed by atoms with E-state index in [0.29, 0.717) is 6.54 Å². The number of likely N-dealkylation sites (N-methyl/N-ethyl adjacent to an activating group) is 1. The Morgan fingerprint density at radius 2 is 2.00 bits per heavy atom. The zero-order valence-electron chi connectivity index (χ0n) is 12.6. The summed E-state index contributed by atoms with van der Waals surface area (Å²) in [7, 11) is 0. The van der Waals surface area contributed by atoms with Crippen molar-refractivity contribution in [2.45, 2.75) is 26.4 Å². The largest absolute Gasteiger partial charge is 0.329 e. The Hall–Kier alpha value is -1.42. The van der Waals surface area contributed by atoms with Gasteiger partial charge in [-0.25, -0.2) is 0 Å². The smallest absolute Gasteiger partial charge is 0.0547 e. The van der Waals surface area contributed by atoms with Crippen molar-refractivity contribution < 1.29 is 0 Å². The van der Waals surface area contributed by atoms with E-state index in [0.717, 1.165) is 35.1 Å². The van der Waals surface area contributed by atoms with Crippen LogP contribution in [-0.4, -0.2) is 23.0 Å². The molecule has 0 amide bonds. The Kier molecular flexibility index (Phi) is 5.74. The van der Waals surface area contributed by atoms with Crippen molar-refractivity contribution in [2.24, 2.45) is 5.73 Å². The summed E-state index contributed by atoms with van der Waals surface area (Å²) in [5.41, 5.74) is 9.27. The molecule has 1 aromatic heterocycles. The molecule has 1 unspecified atom stereocenters. The molecule has 0 saturated heterocycles. The van der Waals surface area contributed by atoms with Crippen LogP contribution < -0.4 is 5.73 Å². The lowest BCUT2D eigenvalue weighted by atomic mass is 10.0. The second-order valence-corrected chi connectivity index (χ2v) is 5.58. The van der Waals surface area contributed by atoms with Gasteiger partial charge < -0.3 is 5.73 Å². The van der Waals surface area contributed by atoms with Gasteiger partial charge in [-0.1, -0.05) is 36.7 Å². The van der Waals surface area contributed by atoms with Crippen LogP contribution >= 0.6 is 11.6 Å². The van der Waals surface area contributed by atoms with E-state index in [-0.39, 0.29) is 6.04 Å². The number of halogens is 1. The quantitative estimate of drug-likeness (QED) is 0.887. The fourth-order valence-electron chi connectivity index (χ4n) is 2.55. The summed E-state index contributed by atoms with van der Waals surface area (Å²) >= 11 is 6.10. The summed E-state index contributed by atoms with van der Waals surface area (Å²) in [5.74, 6) is 0. The van der Waals surface area contributed by atoms with E-state index in [1.165, 1.54) is 0 Å². The average molecular weight is 304 g/mol. The first-order valence-corrected chi connectivity index (χ1v) is 7.64. The Labute approximate surface area is 131 Å². The van der Waals surface area contributed by atoms with Gasteiger partial charge in [-0.3, -0.25) is 9.88 Å². The molecule has 0 spiro atoms. The van der Waals surface area contributed by atoms with E-state index in [1.807, 2.05) is 37.3 Å². The zero-order chi connectivity index (χ0) is 15.2. The molecule has 0 aliphatic carbocycles. The van der Waals surface area contributed by atoms with Crippen LogP contribution in [0.4, 0.5) is 0 Å². The SMILES string of the molecule is CCN(Cc1cccc(C)n1)C(CN)c1cccc(Cl)c1. The first-order chi connectivity index (χ1) is 10.1. The van der Waals surface area contributed by atoms with Crippen molar-refractivity contribution in [1.29, 1.82) is 0 Å². The molecule has 0 aliphatic heterocycles. The third kappa shape index (κ3) is 4.27. The molecule has 2 rings (SSSR count). The lowest BCUT2D eigenvalue weighted by molar-refractivity contribution is 0.201. The fraction of sp³-hybridized carbons (Fsp3) is 0.353. The zero-order valence-corrected chi connectivity index (χ0v) is 13.3. The van der Waals surface area contributed by atoms with E-state index >= 15 is 0 Å². The van der Waals surface area contributed by atoms with Crippen LogP contribution in [-0.2, 0) is 6.54 Å². The molecule has 1 aromatic carbocycles. The molecule has 0 bridgehead atoms. The van der Waals surface area contributed by atoms with Crippen LogP contribution in [0.15, 0.2) is 42.5 Å². The molecule has 1 atom stereocenters. The van der Waals surface area contributed by atoms with E-state index in [9.17, 15) is 0 Å². The standard InChI is InChI=1S/C17H22ClN3/c1-3-21(12-16-9-4-6-13(2)20-16)17(11-19)14-7-5-8-15(18)10-14/h4-10,17H,3,11-12,19H2,1-2H3. The van der Waals surface area contributed by atoms with Crippen LogP contribution in [0, 0.1) is 6.92 Å². The number of hydrogen-bond donors (Lipinski definition) is 1. The maximum absolute atomic E-state index is 6.10. The maximum Gasteiger partial charge on any atom is 0.0547 e.